The van der Waals surface area contributed by atoms with Gasteiger partial charge in [0.05, 0.1) is 43.1 Å². The van der Waals surface area contributed by atoms with Crippen molar-refractivity contribution in [1.82, 2.24) is 39.1 Å². The Labute approximate surface area is 279 Å². The number of amides is 2. The van der Waals surface area contributed by atoms with Gasteiger partial charge in [-0.2, -0.15) is 5.10 Å². The number of benzene rings is 1. The summed E-state index contributed by atoms with van der Waals surface area (Å²) in [4.78, 5) is 38.8. The van der Waals surface area contributed by atoms with Crippen molar-refractivity contribution < 1.29 is 19.1 Å². The number of carbonyl (C=O) groups is 2. The highest BCUT2D eigenvalue weighted by Gasteiger charge is 2.50. The summed E-state index contributed by atoms with van der Waals surface area (Å²) in [7, 11) is 3.55. The van der Waals surface area contributed by atoms with Crippen LogP contribution in [0.4, 0.5) is 4.79 Å². The largest absolute Gasteiger partial charge is 0.494 e. The standard InChI is InChI=1S/C36H42N8O4/c1-36(2,3)48-35(46)40-30-24-10-11-27(30)43(20-24)34(45)25-13-26-31(29(15-25)47-5)44(19-22-16-38-41(4)17-22)33(39-26)28-14-23-7-6-12-37-32(23)42(28)18-21-8-9-21/h6-7,12-17,21,24,27,30H,8-11,18-20H2,1-5H3,(H,40,46)/t24-,27-,30-/m1/s1. The van der Waals surface area contributed by atoms with Crippen LogP contribution in [-0.4, -0.2) is 77.1 Å². The lowest BCUT2D eigenvalue weighted by Gasteiger charge is -2.28. The fourth-order valence-corrected chi connectivity index (χ4v) is 7.67. The number of hydrogen-bond acceptors (Lipinski definition) is 7. The van der Waals surface area contributed by atoms with E-state index in [1.54, 1.807) is 11.8 Å². The topological polar surface area (TPSA) is 121 Å². The van der Waals surface area contributed by atoms with Gasteiger partial charge in [0, 0.05) is 49.0 Å². The van der Waals surface area contributed by atoms with Crippen LogP contribution in [-0.2, 0) is 24.9 Å². The molecule has 3 atom stereocenters. The molecule has 1 saturated heterocycles. The van der Waals surface area contributed by atoms with E-state index >= 15 is 0 Å². The van der Waals surface area contributed by atoms with Gasteiger partial charge in [-0.25, -0.2) is 14.8 Å². The summed E-state index contributed by atoms with van der Waals surface area (Å²) in [6.07, 6.45) is 9.49. The number of rotatable bonds is 8. The summed E-state index contributed by atoms with van der Waals surface area (Å²) < 4.78 is 17.8. The summed E-state index contributed by atoms with van der Waals surface area (Å²) in [5, 5.41) is 8.54. The number of methoxy groups -OCH3 is 1. The Morgan fingerprint density at radius 3 is 2.65 bits per heavy atom. The molecule has 2 saturated carbocycles. The molecule has 0 spiro atoms. The molecule has 0 radical (unpaired) electrons. The van der Waals surface area contributed by atoms with Gasteiger partial charge >= 0.3 is 6.09 Å². The van der Waals surface area contributed by atoms with Gasteiger partial charge < -0.3 is 28.8 Å². The second-order valence-corrected chi connectivity index (χ2v) is 14.6. The molecule has 2 bridgehead atoms. The molecule has 48 heavy (non-hydrogen) atoms. The minimum Gasteiger partial charge on any atom is -0.494 e. The second-order valence-electron chi connectivity index (χ2n) is 14.6. The minimum atomic E-state index is -0.592. The third-order valence-corrected chi connectivity index (χ3v) is 9.93. The van der Waals surface area contributed by atoms with E-state index < -0.39 is 11.7 Å². The number of alkyl carbamates (subject to hydrolysis) is 1. The Bertz CT molecular complexity index is 2050. The maximum absolute atomic E-state index is 14.2. The SMILES string of the molecule is COc1cc(C(=O)N2C[C@H]3CC[C@@H]2[C@@H]3NC(=O)OC(C)(C)C)cc2nc(-c3cc4cccnc4n3CC3CC3)n(Cc3cnn(C)c3)c12. The zero-order chi connectivity index (χ0) is 33.3. The molecule has 1 aliphatic heterocycles. The Morgan fingerprint density at radius 1 is 1.08 bits per heavy atom. The van der Waals surface area contributed by atoms with Crippen molar-refractivity contribution in [3.63, 3.8) is 0 Å². The van der Waals surface area contributed by atoms with Crippen molar-refractivity contribution in [3.05, 3.63) is 60.0 Å². The molecule has 1 aromatic carbocycles. The third kappa shape index (κ3) is 5.46. The average Bonchev–Trinajstić information content (AvgIpc) is 3.33. The summed E-state index contributed by atoms with van der Waals surface area (Å²) in [6, 6.07) is 9.71. The Balaban J connectivity index is 1.20. The van der Waals surface area contributed by atoms with Gasteiger partial charge in [0.1, 0.15) is 22.5 Å². The highest BCUT2D eigenvalue weighted by Crippen LogP contribution is 2.41. The van der Waals surface area contributed by atoms with E-state index in [0.29, 0.717) is 35.8 Å². The van der Waals surface area contributed by atoms with Gasteiger partial charge in [0.2, 0.25) is 0 Å². The van der Waals surface area contributed by atoms with Crippen LogP contribution in [0.2, 0.25) is 0 Å². The highest BCUT2D eigenvalue weighted by atomic mass is 16.6. The first-order chi connectivity index (χ1) is 23.1. The van der Waals surface area contributed by atoms with Crippen molar-refractivity contribution >= 4 is 34.1 Å². The van der Waals surface area contributed by atoms with Gasteiger partial charge in [-0.05, 0) is 88.6 Å². The number of nitrogens with one attached hydrogen (secondary N) is 1. The molecule has 2 aliphatic carbocycles. The molecular formula is C36H42N8O4. The van der Waals surface area contributed by atoms with Crippen LogP contribution < -0.4 is 10.1 Å². The number of aryl methyl sites for hydroxylation is 1. The first kappa shape index (κ1) is 30.5. The van der Waals surface area contributed by atoms with Gasteiger partial charge in [-0.1, -0.05) is 0 Å². The first-order valence-corrected chi connectivity index (χ1v) is 16.9. The number of fused-ring (bicyclic) bond motifs is 4. The number of piperidine rings is 1. The van der Waals surface area contributed by atoms with E-state index in [0.717, 1.165) is 53.0 Å². The molecule has 12 heteroatoms. The lowest BCUT2D eigenvalue weighted by atomic mass is 10.1. The molecule has 3 aliphatic rings. The van der Waals surface area contributed by atoms with Crippen LogP contribution >= 0.6 is 0 Å². The number of pyridine rings is 1. The molecule has 4 aromatic heterocycles. The number of nitrogens with zero attached hydrogens (tertiary/aromatic N) is 7. The Morgan fingerprint density at radius 2 is 1.92 bits per heavy atom. The molecule has 0 unspecified atom stereocenters. The van der Waals surface area contributed by atoms with Crippen LogP contribution in [0.3, 0.4) is 0 Å². The molecule has 1 N–H and O–H groups in total. The number of ether oxygens (including phenoxy) is 2. The normalized spacial score (nSPS) is 20.6. The van der Waals surface area contributed by atoms with Crippen LogP contribution in [0.15, 0.2) is 48.9 Å². The third-order valence-electron chi connectivity index (χ3n) is 9.93. The number of carbonyl (C=O) groups excluding carboxylic acids is 2. The number of hydrogen-bond donors (Lipinski definition) is 1. The molecule has 2 amide bonds. The monoisotopic (exact) mass is 650 g/mol. The summed E-state index contributed by atoms with van der Waals surface area (Å²) >= 11 is 0. The van der Waals surface area contributed by atoms with E-state index in [9.17, 15) is 9.59 Å². The van der Waals surface area contributed by atoms with E-state index in [-0.39, 0.29) is 23.9 Å². The average molecular weight is 651 g/mol. The van der Waals surface area contributed by atoms with E-state index in [1.807, 2.05) is 69.5 Å². The summed E-state index contributed by atoms with van der Waals surface area (Å²) in [5.74, 6) is 2.09. The van der Waals surface area contributed by atoms with Crippen LogP contribution in [0.1, 0.15) is 62.4 Å². The number of imidazole rings is 1. The van der Waals surface area contributed by atoms with Gasteiger partial charge in [0.15, 0.2) is 5.82 Å². The zero-order valence-electron chi connectivity index (χ0n) is 28.1. The fraction of sp³-hybridized carbons (Fsp3) is 0.472. The van der Waals surface area contributed by atoms with Gasteiger partial charge in [-0.3, -0.25) is 9.48 Å². The number of likely N-dealkylation sites (tertiary alicyclic amines) is 1. The van der Waals surface area contributed by atoms with Crippen LogP contribution in [0, 0.1) is 11.8 Å². The van der Waals surface area contributed by atoms with E-state index in [2.05, 4.69) is 31.7 Å². The van der Waals surface area contributed by atoms with Crippen molar-refractivity contribution in [3.8, 4) is 17.3 Å². The Hall–Kier alpha value is -4.87. The van der Waals surface area contributed by atoms with Crippen LogP contribution in [0.25, 0.3) is 33.6 Å². The maximum atomic E-state index is 14.2. The molecule has 250 valence electrons. The van der Waals surface area contributed by atoms with E-state index in [4.69, 9.17) is 19.4 Å². The predicted octanol–water partition coefficient (Wildman–Crippen LogP) is 5.38. The van der Waals surface area contributed by atoms with Crippen molar-refractivity contribution in [2.24, 2.45) is 18.9 Å². The molecular weight excluding hydrogens is 608 g/mol. The van der Waals surface area contributed by atoms with Gasteiger partial charge in [0.25, 0.3) is 5.91 Å². The fourth-order valence-electron chi connectivity index (χ4n) is 7.67. The van der Waals surface area contributed by atoms with E-state index in [1.165, 1.54) is 12.8 Å². The Kier molecular flexibility index (Phi) is 7.22. The summed E-state index contributed by atoms with van der Waals surface area (Å²) in [5.41, 5.74) is 4.38. The van der Waals surface area contributed by atoms with Gasteiger partial charge in [-0.15, -0.1) is 0 Å². The molecule has 3 fully saturated rings. The van der Waals surface area contributed by atoms with Crippen LogP contribution in [0.5, 0.6) is 5.75 Å². The molecule has 5 aromatic rings. The first-order valence-electron chi connectivity index (χ1n) is 16.9. The smallest absolute Gasteiger partial charge is 0.407 e. The second kappa shape index (κ2) is 11.4. The zero-order valence-corrected chi connectivity index (χ0v) is 28.1. The lowest BCUT2D eigenvalue weighted by molar-refractivity contribution is 0.0485. The molecule has 5 heterocycles. The maximum Gasteiger partial charge on any atom is 0.407 e. The van der Waals surface area contributed by atoms with Crippen molar-refractivity contribution in [2.75, 3.05) is 13.7 Å². The molecule has 8 rings (SSSR count). The summed E-state index contributed by atoms with van der Waals surface area (Å²) in [6.45, 7) is 7.53. The number of aromatic nitrogens is 6. The quantitative estimate of drug-likeness (QED) is 0.239. The van der Waals surface area contributed by atoms with Crippen molar-refractivity contribution in [1.29, 1.82) is 0 Å². The molecule has 12 nitrogen and oxygen atoms in total. The predicted molar refractivity (Wildman–Crippen MR) is 181 cm³/mol. The minimum absolute atomic E-state index is 0.0891. The van der Waals surface area contributed by atoms with Crippen molar-refractivity contribution in [2.45, 2.75) is 77.2 Å². The highest BCUT2D eigenvalue weighted by molar-refractivity contribution is 6.00. The lowest BCUT2D eigenvalue weighted by Crippen LogP contribution is -2.46.